The van der Waals surface area contributed by atoms with E-state index in [0.29, 0.717) is 18.4 Å². The average molecular weight is 198 g/mol. The van der Waals surface area contributed by atoms with Gasteiger partial charge in [-0.1, -0.05) is 19.8 Å². The zero-order chi connectivity index (χ0) is 10.4. The highest BCUT2D eigenvalue weighted by Crippen LogP contribution is 2.26. The Kier molecular flexibility index (Phi) is 4.94. The molecule has 0 bridgehead atoms. The van der Waals surface area contributed by atoms with E-state index in [1.54, 1.807) is 0 Å². The Morgan fingerprint density at radius 2 is 2.14 bits per heavy atom. The highest BCUT2D eigenvalue weighted by Gasteiger charge is 2.21. The molecule has 0 aliphatic heterocycles. The molecule has 0 radical (unpaired) electrons. The second kappa shape index (κ2) is 6.02. The van der Waals surface area contributed by atoms with Crippen LogP contribution < -0.4 is 5.73 Å². The number of ether oxygens (including phenoxy) is 1. The number of hydrogen-bond acceptors (Lipinski definition) is 2. The fraction of sp³-hybridized carbons (Fsp3) is 0.909. The van der Waals surface area contributed by atoms with Gasteiger partial charge in [0.15, 0.2) is 0 Å². The molecule has 3 N–H and O–H groups in total. The second-order valence-corrected chi connectivity index (χ2v) is 4.30. The number of amidine groups is 1. The van der Waals surface area contributed by atoms with Gasteiger partial charge in [-0.2, -0.15) is 0 Å². The van der Waals surface area contributed by atoms with Crippen LogP contribution in [0.4, 0.5) is 0 Å². The molecule has 0 aromatic heterocycles. The third-order valence-corrected chi connectivity index (χ3v) is 2.96. The molecule has 82 valence electrons. The SMILES string of the molecule is CC1CCCCC1OCCCC(=N)N. The summed E-state index contributed by atoms with van der Waals surface area (Å²) in [7, 11) is 0. The van der Waals surface area contributed by atoms with Crippen molar-refractivity contribution in [2.45, 2.75) is 51.6 Å². The van der Waals surface area contributed by atoms with Crippen LogP contribution in [0.2, 0.25) is 0 Å². The minimum atomic E-state index is 0.269. The topological polar surface area (TPSA) is 59.1 Å². The van der Waals surface area contributed by atoms with Gasteiger partial charge in [0.25, 0.3) is 0 Å². The lowest BCUT2D eigenvalue weighted by molar-refractivity contribution is -0.00533. The maximum atomic E-state index is 7.08. The highest BCUT2D eigenvalue weighted by atomic mass is 16.5. The molecule has 2 unspecified atom stereocenters. The number of hydrogen-bond donors (Lipinski definition) is 2. The van der Waals surface area contributed by atoms with Crippen molar-refractivity contribution in [1.82, 2.24) is 0 Å². The quantitative estimate of drug-likeness (QED) is 0.404. The summed E-state index contributed by atoms with van der Waals surface area (Å²) in [6.45, 7) is 3.03. The first kappa shape index (κ1) is 11.5. The van der Waals surface area contributed by atoms with Gasteiger partial charge in [0.1, 0.15) is 0 Å². The van der Waals surface area contributed by atoms with Crippen LogP contribution >= 0.6 is 0 Å². The summed E-state index contributed by atoms with van der Waals surface area (Å²) in [5.41, 5.74) is 5.27. The van der Waals surface area contributed by atoms with Crippen LogP contribution in [0, 0.1) is 11.3 Å². The molecule has 0 aromatic carbocycles. The van der Waals surface area contributed by atoms with E-state index in [9.17, 15) is 0 Å². The summed E-state index contributed by atoms with van der Waals surface area (Å²) >= 11 is 0. The van der Waals surface area contributed by atoms with Gasteiger partial charge in [-0.05, 0) is 25.2 Å². The Hall–Kier alpha value is -0.570. The predicted molar refractivity (Wildman–Crippen MR) is 58.5 cm³/mol. The maximum Gasteiger partial charge on any atom is 0.0906 e. The van der Waals surface area contributed by atoms with Crippen molar-refractivity contribution in [3.05, 3.63) is 0 Å². The number of nitrogens with one attached hydrogen (secondary N) is 1. The van der Waals surface area contributed by atoms with Crippen LogP contribution in [0.25, 0.3) is 0 Å². The van der Waals surface area contributed by atoms with Crippen molar-refractivity contribution in [3.63, 3.8) is 0 Å². The van der Waals surface area contributed by atoms with Crippen LogP contribution in [0.3, 0.4) is 0 Å². The van der Waals surface area contributed by atoms with Gasteiger partial charge in [0, 0.05) is 13.0 Å². The molecule has 1 saturated carbocycles. The van der Waals surface area contributed by atoms with E-state index in [0.717, 1.165) is 13.0 Å². The first-order valence-corrected chi connectivity index (χ1v) is 5.64. The van der Waals surface area contributed by atoms with Gasteiger partial charge in [0.05, 0.1) is 11.9 Å². The summed E-state index contributed by atoms with van der Waals surface area (Å²) < 4.78 is 5.79. The van der Waals surface area contributed by atoms with Gasteiger partial charge < -0.3 is 10.5 Å². The van der Waals surface area contributed by atoms with Crippen molar-refractivity contribution in [2.75, 3.05) is 6.61 Å². The van der Waals surface area contributed by atoms with E-state index in [2.05, 4.69) is 6.92 Å². The molecule has 1 aliphatic carbocycles. The molecule has 14 heavy (non-hydrogen) atoms. The van der Waals surface area contributed by atoms with Crippen molar-refractivity contribution < 1.29 is 4.74 Å². The minimum absolute atomic E-state index is 0.269. The molecule has 0 saturated heterocycles. The Morgan fingerprint density at radius 3 is 2.79 bits per heavy atom. The van der Waals surface area contributed by atoms with Crippen molar-refractivity contribution >= 4 is 5.84 Å². The zero-order valence-electron chi connectivity index (χ0n) is 9.09. The molecule has 2 atom stereocenters. The third-order valence-electron chi connectivity index (χ3n) is 2.96. The van der Waals surface area contributed by atoms with E-state index in [1.807, 2.05) is 0 Å². The average Bonchev–Trinajstić information content (AvgIpc) is 2.15. The maximum absolute atomic E-state index is 7.08. The first-order chi connectivity index (χ1) is 6.70. The van der Waals surface area contributed by atoms with Crippen LogP contribution in [0.15, 0.2) is 0 Å². The van der Waals surface area contributed by atoms with Gasteiger partial charge in [-0.15, -0.1) is 0 Å². The fourth-order valence-electron chi connectivity index (χ4n) is 2.03. The lowest BCUT2D eigenvalue weighted by Crippen LogP contribution is -2.26. The smallest absolute Gasteiger partial charge is 0.0906 e. The van der Waals surface area contributed by atoms with Crippen molar-refractivity contribution in [2.24, 2.45) is 11.7 Å². The van der Waals surface area contributed by atoms with Crippen LogP contribution in [-0.2, 0) is 4.74 Å². The molecule has 0 heterocycles. The summed E-state index contributed by atoms with van der Waals surface area (Å²) in [5.74, 6) is 0.978. The highest BCUT2D eigenvalue weighted by molar-refractivity contribution is 5.76. The molecular formula is C11H22N2O. The van der Waals surface area contributed by atoms with E-state index >= 15 is 0 Å². The zero-order valence-corrected chi connectivity index (χ0v) is 9.09. The van der Waals surface area contributed by atoms with E-state index in [-0.39, 0.29) is 5.84 Å². The van der Waals surface area contributed by atoms with Crippen molar-refractivity contribution in [3.8, 4) is 0 Å². The van der Waals surface area contributed by atoms with E-state index in [1.165, 1.54) is 25.7 Å². The van der Waals surface area contributed by atoms with Crippen LogP contribution in [-0.4, -0.2) is 18.5 Å². The van der Waals surface area contributed by atoms with Crippen LogP contribution in [0.5, 0.6) is 0 Å². The van der Waals surface area contributed by atoms with Gasteiger partial charge >= 0.3 is 0 Å². The standard InChI is InChI=1S/C11H22N2O/c1-9-5-2-3-6-10(9)14-8-4-7-11(12)13/h9-10H,2-8H2,1H3,(H3,12,13). The minimum Gasteiger partial charge on any atom is -0.388 e. The van der Waals surface area contributed by atoms with E-state index < -0.39 is 0 Å². The molecule has 1 fully saturated rings. The summed E-state index contributed by atoms with van der Waals surface area (Å²) in [6.07, 6.45) is 7.18. The largest absolute Gasteiger partial charge is 0.388 e. The molecule has 0 amide bonds. The predicted octanol–water partition coefficient (Wildman–Crippen LogP) is 2.30. The first-order valence-electron chi connectivity index (χ1n) is 5.64. The Labute approximate surface area is 86.5 Å². The molecule has 0 aromatic rings. The number of nitrogens with two attached hydrogens (primary N) is 1. The molecule has 3 nitrogen and oxygen atoms in total. The molecular weight excluding hydrogens is 176 g/mol. The van der Waals surface area contributed by atoms with E-state index in [4.69, 9.17) is 15.9 Å². The van der Waals surface area contributed by atoms with Gasteiger partial charge in [-0.3, -0.25) is 5.41 Å². The van der Waals surface area contributed by atoms with Gasteiger partial charge in [-0.25, -0.2) is 0 Å². The molecule has 3 heteroatoms. The van der Waals surface area contributed by atoms with Crippen molar-refractivity contribution in [1.29, 1.82) is 5.41 Å². The Morgan fingerprint density at radius 1 is 1.43 bits per heavy atom. The molecule has 0 spiro atoms. The Balaban J connectivity index is 2.07. The lowest BCUT2D eigenvalue weighted by Gasteiger charge is -2.28. The Bertz CT molecular complexity index is 182. The summed E-state index contributed by atoms with van der Waals surface area (Å²) in [5, 5.41) is 7.08. The van der Waals surface area contributed by atoms with Gasteiger partial charge in [0.2, 0.25) is 0 Å². The summed E-state index contributed by atoms with van der Waals surface area (Å²) in [6, 6.07) is 0. The lowest BCUT2D eigenvalue weighted by atomic mass is 9.88. The van der Waals surface area contributed by atoms with Crippen LogP contribution in [0.1, 0.15) is 45.4 Å². The normalized spacial score (nSPS) is 27.5. The molecule has 1 rings (SSSR count). The molecule has 1 aliphatic rings. The summed E-state index contributed by atoms with van der Waals surface area (Å²) in [4.78, 5) is 0. The monoisotopic (exact) mass is 198 g/mol. The third kappa shape index (κ3) is 4.09. The second-order valence-electron chi connectivity index (χ2n) is 4.30. The number of rotatable bonds is 5. The fourth-order valence-corrected chi connectivity index (χ4v) is 2.03.